The summed E-state index contributed by atoms with van der Waals surface area (Å²) in [6.45, 7) is 4.27. The summed E-state index contributed by atoms with van der Waals surface area (Å²) in [4.78, 5) is 9.80. The summed E-state index contributed by atoms with van der Waals surface area (Å²) in [5, 5.41) is 6.97. The summed E-state index contributed by atoms with van der Waals surface area (Å²) >= 11 is 0. The molecule has 0 bridgehead atoms. The number of nitrogens with zero attached hydrogens (tertiary/aromatic N) is 2. The summed E-state index contributed by atoms with van der Waals surface area (Å²) in [6.07, 6.45) is 0. The number of nitrogens with one attached hydrogen (secondary N) is 2. The molecule has 38 heavy (non-hydrogen) atoms. The van der Waals surface area contributed by atoms with Gasteiger partial charge in [-0.1, -0.05) is 84.9 Å². The Kier molecular flexibility index (Phi) is 6.29. The highest BCUT2D eigenvalue weighted by Gasteiger charge is 2.11. The number of hydrogen-bond donors (Lipinski definition) is 2. The SMILES string of the molecule is Cc1ccccc1-c1ccc(Nc2nc3ccccc3nc2Nc2ccc(-c3ccccc3C)cc2)cc1. The van der Waals surface area contributed by atoms with Crippen LogP contribution in [0.25, 0.3) is 33.3 Å². The van der Waals surface area contributed by atoms with Gasteiger partial charge in [0, 0.05) is 11.4 Å². The Labute approximate surface area is 223 Å². The molecule has 1 heterocycles. The van der Waals surface area contributed by atoms with Crippen LogP contribution in [-0.2, 0) is 0 Å². The second-order valence-corrected chi connectivity index (χ2v) is 9.44. The van der Waals surface area contributed by atoms with Crippen LogP contribution in [0.1, 0.15) is 11.1 Å². The zero-order valence-corrected chi connectivity index (χ0v) is 21.4. The number of aryl methyl sites for hydroxylation is 2. The van der Waals surface area contributed by atoms with Gasteiger partial charge in [-0.25, -0.2) is 9.97 Å². The van der Waals surface area contributed by atoms with Crippen LogP contribution in [0, 0.1) is 13.8 Å². The molecule has 0 aliphatic rings. The van der Waals surface area contributed by atoms with E-state index in [2.05, 4.69) is 122 Å². The first-order valence-corrected chi connectivity index (χ1v) is 12.8. The van der Waals surface area contributed by atoms with E-state index >= 15 is 0 Å². The maximum absolute atomic E-state index is 4.90. The fourth-order valence-electron chi connectivity index (χ4n) is 4.71. The van der Waals surface area contributed by atoms with Crippen LogP contribution in [0.15, 0.2) is 121 Å². The van der Waals surface area contributed by atoms with Gasteiger partial charge < -0.3 is 10.6 Å². The number of anilines is 4. The highest BCUT2D eigenvalue weighted by Crippen LogP contribution is 2.31. The molecule has 4 heteroatoms. The molecule has 0 atom stereocenters. The molecule has 6 rings (SSSR count). The third kappa shape index (κ3) is 4.84. The van der Waals surface area contributed by atoms with Crippen molar-refractivity contribution in [2.24, 2.45) is 0 Å². The second-order valence-electron chi connectivity index (χ2n) is 9.44. The third-order valence-electron chi connectivity index (χ3n) is 6.78. The van der Waals surface area contributed by atoms with Crippen LogP contribution < -0.4 is 10.6 Å². The van der Waals surface area contributed by atoms with Crippen molar-refractivity contribution >= 4 is 34.0 Å². The van der Waals surface area contributed by atoms with E-state index in [9.17, 15) is 0 Å². The first-order chi connectivity index (χ1) is 18.6. The highest BCUT2D eigenvalue weighted by atomic mass is 15.1. The van der Waals surface area contributed by atoms with Crippen LogP contribution in [-0.4, -0.2) is 9.97 Å². The molecule has 0 aliphatic heterocycles. The van der Waals surface area contributed by atoms with Crippen molar-refractivity contribution in [1.82, 2.24) is 9.97 Å². The van der Waals surface area contributed by atoms with Gasteiger partial charge in [-0.15, -0.1) is 0 Å². The normalized spacial score (nSPS) is 10.9. The predicted octanol–water partition coefficient (Wildman–Crippen LogP) is 9.07. The van der Waals surface area contributed by atoms with Gasteiger partial charge in [-0.05, 0) is 83.6 Å². The van der Waals surface area contributed by atoms with E-state index < -0.39 is 0 Å². The highest BCUT2D eigenvalue weighted by molar-refractivity contribution is 5.84. The lowest BCUT2D eigenvalue weighted by Gasteiger charge is -2.15. The van der Waals surface area contributed by atoms with Crippen molar-refractivity contribution in [3.63, 3.8) is 0 Å². The molecule has 0 spiro atoms. The van der Waals surface area contributed by atoms with Crippen LogP contribution in [0.5, 0.6) is 0 Å². The van der Waals surface area contributed by atoms with Gasteiger partial charge >= 0.3 is 0 Å². The average Bonchev–Trinajstić information content (AvgIpc) is 2.95. The molecule has 0 fully saturated rings. The van der Waals surface area contributed by atoms with E-state index in [1.54, 1.807) is 0 Å². The molecule has 0 saturated carbocycles. The minimum Gasteiger partial charge on any atom is -0.337 e. The molecule has 0 saturated heterocycles. The Balaban J connectivity index is 1.30. The molecule has 0 amide bonds. The first kappa shape index (κ1) is 23.4. The fourth-order valence-corrected chi connectivity index (χ4v) is 4.71. The lowest BCUT2D eigenvalue weighted by Crippen LogP contribution is -2.03. The van der Waals surface area contributed by atoms with E-state index in [4.69, 9.17) is 9.97 Å². The molecule has 1 aromatic heterocycles. The molecule has 4 nitrogen and oxygen atoms in total. The smallest absolute Gasteiger partial charge is 0.174 e. The van der Waals surface area contributed by atoms with Gasteiger partial charge in [-0.2, -0.15) is 0 Å². The zero-order valence-electron chi connectivity index (χ0n) is 21.4. The summed E-state index contributed by atoms with van der Waals surface area (Å²) in [5.41, 5.74) is 10.9. The maximum Gasteiger partial charge on any atom is 0.174 e. The molecule has 0 aliphatic carbocycles. The van der Waals surface area contributed by atoms with Gasteiger partial charge in [0.1, 0.15) is 0 Å². The summed E-state index contributed by atoms with van der Waals surface area (Å²) in [6, 6.07) is 41.7. The minimum absolute atomic E-state index is 0.676. The largest absolute Gasteiger partial charge is 0.337 e. The summed E-state index contributed by atoms with van der Waals surface area (Å²) < 4.78 is 0. The monoisotopic (exact) mass is 492 g/mol. The average molecular weight is 493 g/mol. The lowest BCUT2D eigenvalue weighted by atomic mass is 10.0. The van der Waals surface area contributed by atoms with Crippen LogP contribution >= 0.6 is 0 Å². The van der Waals surface area contributed by atoms with E-state index in [1.807, 2.05) is 24.3 Å². The number of aromatic nitrogens is 2. The fraction of sp³-hybridized carbons (Fsp3) is 0.0588. The molecule has 2 N–H and O–H groups in total. The van der Waals surface area contributed by atoms with Crippen molar-refractivity contribution in [1.29, 1.82) is 0 Å². The third-order valence-corrected chi connectivity index (χ3v) is 6.78. The lowest BCUT2D eigenvalue weighted by molar-refractivity contribution is 1.27. The van der Waals surface area contributed by atoms with Gasteiger partial charge in [-0.3, -0.25) is 0 Å². The van der Waals surface area contributed by atoms with Crippen LogP contribution in [0.3, 0.4) is 0 Å². The molecular weight excluding hydrogens is 464 g/mol. The van der Waals surface area contributed by atoms with Gasteiger partial charge in [0.2, 0.25) is 0 Å². The summed E-state index contributed by atoms with van der Waals surface area (Å²) in [5.74, 6) is 1.35. The Bertz CT molecular complexity index is 1590. The van der Waals surface area contributed by atoms with Crippen molar-refractivity contribution < 1.29 is 0 Å². The Hall–Kier alpha value is -4.96. The number of benzene rings is 5. The van der Waals surface area contributed by atoms with Gasteiger partial charge in [0.15, 0.2) is 11.6 Å². The van der Waals surface area contributed by atoms with Crippen LogP contribution in [0.4, 0.5) is 23.0 Å². The molecule has 0 unspecified atom stereocenters. The molecule has 5 aromatic carbocycles. The number of rotatable bonds is 6. The van der Waals surface area contributed by atoms with Crippen molar-refractivity contribution in [2.75, 3.05) is 10.6 Å². The standard InChI is InChI=1S/C34H28N4/c1-23-9-3-5-11-29(23)25-15-19-27(20-16-25)35-33-34(38-32-14-8-7-13-31(32)37-33)36-28-21-17-26(18-22-28)30-12-6-4-10-24(30)2/h3-22H,1-2H3,(H,35,37)(H,36,38). The topological polar surface area (TPSA) is 49.8 Å². The Morgan fingerprint density at radius 2 is 0.789 bits per heavy atom. The maximum atomic E-state index is 4.90. The van der Waals surface area contributed by atoms with Crippen molar-refractivity contribution in [2.45, 2.75) is 13.8 Å². The molecule has 6 aromatic rings. The van der Waals surface area contributed by atoms with E-state index in [-0.39, 0.29) is 0 Å². The predicted molar refractivity (Wildman–Crippen MR) is 159 cm³/mol. The Morgan fingerprint density at radius 3 is 1.18 bits per heavy atom. The zero-order chi connectivity index (χ0) is 25.9. The minimum atomic E-state index is 0.676. The van der Waals surface area contributed by atoms with E-state index in [1.165, 1.54) is 33.4 Å². The second kappa shape index (κ2) is 10.2. The Morgan fingerprint density at radius 1 is 0.421 bits per heavy atom. The first-order valence-electron chi connectivity index (χ1n) is 12.8. The van der Waals surface area contributed by atoms with Gasteiger partial charge in [0.05, 0.1) is 11.0 Å². The van der Waals surface area contributed by atoms with Crippen molar-refractivity contribution in [3.05, 3.63) is 132 Å². The van der Waals surface area contributed by atoms with E-state index in [0.717, 1.165) is 22.4 Å². The number of hydrogen-bond acceptors (Lipinski definition) is 4. The summed E-state index contributed by atoms with van der Waals surface area (Å²) in [7, 11) is 0. The molecule has 184 valence electrons. The molecule has 0 radical (unpaired) electrons. The van der Waals surface area contributed by atoms with Crippen molar-refractivity contribution in [3.8, 4) is 22.3 Å². The van der Waals surface area contributed by atoms with Crippen LogP contribution in [0.2, 0.25) is 0 Å². The van der Waals surface area contributed by atoms with E-state index in [0.29, 0.717) is 11.6 Å². The van der Waals surface area contributed by atoms with Gasteiger partial charge in [0.25, 0.3) is 0 Å². The number of fused-ring (bicyclic) bond motifs is 1. The quantitative estimate of drug-likeness (QED) is 0.243. The molecular formula is C34H28N4. The number of para-hydroxylation sites is 2.